The van der Waals surface area contributed by atoms with Crippen LogP contribution in [0, 0.1) is 0 Å². The summed E-state index contributed by atoms with van der Waals surface area (Å²) in [6.45, 7) is 0. The number of benzene rings is 1. The average molecular weight is 381 g/mol. The molecule has 24 heavy (non-hydrogen) atoms. The van der Waals surface area contributed by atoms with Crippen LogP contribution in [-0.2, 0) is 4.79 Å². The highest BCUT2D eigenvalue weighted by Crippen LogP contribution is 2.35. The number of pyridine rings is 1. The average Bonchev–Trinajstić information content (AvgIpc) is 2.89. The van der Waals surface area contributed by atoms with Crippen molar-refractivity contribution in [2.45, 2.75) is 5.03 Å². The van der Waals surface area contributed by atoms with E-state index >= 15 is 0 Å². The first-order valence-electron chi connectivity index (χ1n) is 6.72. The molecule has 0 aliphatic carbocycles. The van der Waals surface area contributed by atoms with Crippen LogP contribution in [0.1, 0.15) is 0 Å². The number of rotatable bonds is 4. The summed E-state index contributed by atoms with van der Waals surface area (Å²) in [6, 6.07) is 8.78. The van der Waals surface area contributed by atoms with Crippen LogP contribution in [0.15, 0.2) is 51.8 Å². The van der Waals surface area contributed by atoms with Gasteiger partial charge in [0, 0.05) is 11.6 Å². The van der Waals surface area contributed by atoms with Gasteiger partial charge < -0.3 is 10.1 Å². The number of para-hydroxylation sites is 1. The van der Waals surface area contributed by atoms with E-state index in [0.29, 0.717) is 26.0 Å². The lowest BCUT2D eigenvalue weighted by atomic mass is 10.2. The summed E-state index contributed by atoms with van der Waals surface area (Å²) in [7, 11) is 0. The van der Waals surface area contributed by atoms with Crippen molar-refractivity contribution in [2.24, 2.45) is 10.2 Å². The molecule has 2 N–H and O–H groups in total. The Balaban J connectivity index is 1.68. The van der Waals surface area contributed by atoms with E-state index in [0.717, 1.165) is 0 Å². The second-order valence-electron chi connectivity index (χ2n) is 4.69. The van der Waals surface area contributed by atoms with Crippen LogP contribution in [-0.4, -0.2) is 26.7 Å². The molecular formula is C15H10Cl2N4O2S. The number of aromatic amines is 1. The molecule has 0 bridgehead atoms. The lowest BCUT2D eigenvalue weighted by Gasteiger charge is -1.99. The maximum Gasteiger partial charge on any atom is 0.274 e. The highest BCUT2D eigenvalue weighted by atomic mass is 35.5. The highest BCUT2D eigenvalue weighted by molar-refractivity contribution is 7.99. The predicted molar refractivity (Wildman–Crippen MR) is 94.5 cm³/mol. The van der Waals surface area contributed by atoms with Gasteiger partial charge in [-0.05, 0) is 12.1 Å². The number of halogens is 2. The summed E-state index contributed by atoms with van der Waals surface area (Å²) < 4.78 is 0. The number of azo groups is 1. The normalized spacial score (nSPS) is 11.4. The third-order valence-electron chi connectivity index (χ3n) is 3.05. The first-order chi connectivity index (χ1) is 11.5. The number of hydrogen-bond donors (Lipinski definition) is 2. The van der Waals surface area contributed by atoms with E-state index in [9.17, 15) is 9.90 Å². The number of fused-ring (bicyclic) bond motifs is 1. The van der Waals surface area contributed by atoms with Gasteiger partial charge in [0.25, 0.3) is 5.91 Å². The molecule has 0 saturated heterocycles. The predicted octanol–water partition coefficient (Wildman–Crippen LogP) is 4.98. The van der Waals surface area contributed by atoms with Gasteiger partial charge in [0.15, 0.2) is 5.69 Å². The van der Waals surface area contributed by atoms with Crippen LogP contribution in [0.25, 0.3) is 10.9 Å². The van der Waals surface area contributed by atoms with Crippen molar-refractivity contribution >= 4 is 57.5 Å². The first kappa shape index (κ1) is 16.8. The summed E-state index contributed by atoms with van der Waals surface area (Å²) in [6.07, 6.45) is 1.42. The molecule has 1 aromatic carbocycles. The Kier molecular flexibility index (Phi) is 5.03. The van der Waals surface area contributed by atoms with Crippen LogP contribution in [0.2, 0.25) is 10.0 Å². The van der Waals surface area contributed by atoms with Gasteiger partial charge in [-0.2, -0.15) is 0 Å². The van der Waals surface area contributed by atoms with Gasteiger partial charge in [-0.3, -0.25) is 4.79 Å². The van der Waals surface area contributed by atoms with E-state index < -0.39 is 5.91 Å². The van der Waals surface area contributed by atoms with E-state index in [-0.39, 0.29) is 17.3 Å². The van der Waals surface area contributed by atoms with E-state index in [1.807, 2.05) is 12.1 Å². The summed E-state index contributed by atoms with van der Waals surface area (Å²) in [5, 5.41) is 19.3. The maximum atomic E-state index is 11.9. The van der Waals surface area contributed by atoms with Gasteiger partial charge in [0.2, 0.25) is 5.88 Å². The molecule has 3 aromatic rings. The minimum atomic E-state index is -0.461. The number of thioether (sulfide) groups is 1. The number of H-pyrrole nitrogens is 1. The SMILES string of the molecule is O=C(CSc1cc(Cl)c(Cl)cn1)N=Nc1c(O)[nH]c2ccccc12. The number of aromatic hydroxyl groups is 1. The van der Waals surface area contributed by atoms with Crippen molar-refractivity contribution in [1.29, 1.82) is 0 Å². The zero-order chi connectivity index (χ0) is 17.1. The summed E-state index contributed by atoms with van der Waals surface area (Å²) in [5.74, 6) is -0.554. The van der Waals surface area contributed by atoms with Gasteiger partial charge in [-0.25, -0.2) is 4.98 Å². The van der Waals surface area contributed by atoms with Gasteiger partial charge in [0.1, 0.15) is 0 Å². The van der Waals surface area contributed by atoms with Crippen molar-refractivity contribution in [3.8, 4) is 5.88 Å². The summed E-state index contributed by atoms with van der Waals surface area (Å²) >= 11 is 12.8. The molecule has 122 valence electrons. The molecule has 2 heterocycles. The lowest BCUT2D eigenvalue weighted by Crippen LogP contribution is -1.96. The van der Waals surface area contributed by atoms with Crippen molar-refractivity contribution in [3.63, 3.8) is 0 Å². The monoisotopic (exact) mass is 380 g/mol. The number of nitrogens with one attached hydrogen (secondary N) is 1. The number of amides is 1. The van der Waals surface area contributed by atoms with Crippen LogP contribution >= 0.6 is 35.0 Å². The largest absolute Gasteiger partial charge is 0.493 e. The minimum Gasteiger partial charge on any atom is -0.493 e. The number of hydrogen-bond acceptors (Lipinski definition) is 5. The fourth-order valence-electron chi connectivity index (χ4n) is 1.96. The molecule has 0 aliphatic heterocycles. The van der Waals surface area contributed by atoms with E-state index in [2.05, 4.69) is 20.2 Å². The lowest BCUT2D eigenvalue weighted by molar-refractivity contribution is -0.115. The Morgan fingerprint density at radius 2 is 2.08 bits per heavy atom. The Hall–Kier alpha value is -2.09. The molecule has 0 aliphatic rings. The number of nitrogens with zero attached hydrogens (tertiary/aromatic N) is 3. The first-order valence-corrected chi connectivity index (χ1v) is 8.47. The van der Waals surface area contributed by atoms with Gasteiger partial charge >= 0.3 is 0 Å². The topological polar surface area (TPSA) is 90.7 Å². The molecule has 0 saturated carbocycles. The molecule has 6 nitrogen and oxygen atoms in total. The molecule has 3 rings (SSSR count). The van der Waals surface area contributed by atoms with Gasteiger partial charge in [0.05, 0.1) is 26.3 Å². The quantitative estimate of drug-likeness (QED) is 0.493. The molecule has 0 radical (unpaired) electrons. The van der Waals surface area contributed by atoms with E-state index in [1.54, 1.807) is 18.2 Å². The smallest absolute Gasteiger partial charge is 0.274 e. The van der Waals surface area contributed by atoms with Crippen LogP contribution in [0.3, 0.4) is 0 Å². The van der Waals surface area contributed by atoms with E-state index in [1.165, 1.54) is 18.0 Å². The fourth-order valence-corrected chi connectivity index (χ4v) is 2.94. The van der Waals surface area contributed by atoms with Crippen LogP contribution in [0.5, 0.6) is 5.88 Å². The Morgan fingerprint density at radius 1 is 1.29 bits per heavy atom. The molecular weight excluding hydrogens is 371 g/mol. The summed E-state index contributed by atoms with van der Waals surface area (Å²) in [4.78, 5) is 18.7. The third kappa shape index (κ3) is 3.69. The molecule has 0 atom stereocenters. The number of carbonyl (C=O) groups excluding carboxylic acids is 1. The van der Waals surface area contributed by atoms with Crippen molar-refractivity contribution in [3.05, 3.63) is 46.6 Å². The Labute approximate surface area is 150 Å². The van der Waals surface area contributed by atoms with Crippen LogP contribution < -0.4 is 0 Å². The minimum absolute atomic E-state index is 0.0393. The number of aromatic nitrogens is 2. The third-order valence-corrected chi connectivity index (χ3v) is 4.67. The molecule has 2 aromatic heterocycles. The van der Waals surface area contributed by atoms with Crippen molar-refractivity contribution in [1.82, 2.24) is 9.97 Å². The fraction of sp³-hybridized carbons (Fsp3) is 0.0667. The van der Waals surface area contributed by atoms with E-state index in [4.69, 9.17) is 23.2 Å². The Bertz CT molecular complexity index is 942. The molecule has 1 amide bonds. The number of carbonyl (C=O) groups is 1. The van der Waals surface area contributed by atoms with Crippen LogP contribution in [0.4, 0.5) is 5.69 Å². The van der Waals surface area contributed by atoms with Crippen molar-refractivity contribution in [2.75, 3.05) is 5.75 Å². The zero-order valence-corrected chi connectivity index (χ0v) is 14.4. The highest BCUT2D eigenvalue weighted by Gasteiger charge is 2.11. The molecule has 0 fully saturated rings. The van der Waals surface area contributed by atoms with Gasteiger partial charge in [-0.15, -0.1) is 10.2 Å². The zero-order valence-electron chi connectivity index (χ0n) is 12.0. The molecule has 9 heteroatoms. The summed E-state index contributed by atoms with van der Waals surface area (Å²) in [5.41, 5.74) is 0.947. The second kappa shape index (κ2) is 7.21. The Morgan fingerprint density at radius 3 is 2.88 bits per heavy atom. The standard InChI is InChI=1S/C15H10Cl2N4O2S/c16-9-5-13(18-6-10(9)17)24-7-12(22)20-21-14-8-3-1-2-4-11(8)19-15(14)23/h1-6,19,23H,7H2. The molecule has 0 unspecified atom stereocenters. The van der Waals surface area contributed by atoms with Gasteiger partial charge in [-0.1, -0.05) is 53.2 Å². The molecule has 0 spiro atoms. The second-order valence-corrected chi connectivity index (χ2v) is 6.50. The van der Waals surface area contributed by atoms with Crippen molar-refractivity contribution < 1.29 is 9.90 Å². The maximum absolute atomic E-state index is 11.9.